The van der Waals surface area contributed by atoms with E-state index < -0.39 is 12.2 Å². The molecule has 2 atom stereocenters. The van der Waals surface area contributed by atoms with Crippen molar-refractivity contribution >= 4 is 11.6 Å². The maximum absolute atomic E-state index is 10.3. The lowest BCUT2D eigenvalue weighted by Gasteiger charge is -2.28. The standard InChI is InChI=1S/C25H34ClNO5/c1-25(2,19-3-7-23(8-4-19)31-17-21(28)15-26)20-5-9-24(10-6-20)32-18-22(29)16-27-11-13-30-14-12-27/h3-10,21-22,28-29H,11-18H2,1-2H3/t21-,22+/m0/s1. The molecule has 0 amide bonds. The molecule has 1 saturated heterocycles. The van der Waals surface area contributed by atoms with Gasteiger partial charge in [-0.2, -0.15) is 0 Å². The zero-order valence-electron chi connectivity index (χ0n) is 18.9. The SMILES string of the molecule is CC(C)(c1ccc(OC[C@@H](O)CCl)cc1)c1ccc(OC[C@H](O)CN2CCOCC2)cc1. The molecule has 0 aromatic heterocycles. The minimum atomic E-state index is -0.672. The summed E-state index contributed by atoms with van der Waals surface area (Å²) >= 11 is 5.60. The summed E-state index contributed by atoms with van der Waals surface area (Å²) in [5.74, 6) is 1.60. The summed E-state index contributed by atoms with van der Waals surface area (Å²) in [5.41, 5.74) is 2.10. The highest BCUT2D eigenvalue weighted by molar-refractivity contribution is 6.18. The van der Waals surface area contributed by atoms with Crippen LogP contribution in [0.3, 0.4) is 0 Å². The topological polar surface area (TPSA) is 71.4 Å². The van der Waals surface area contributed by atoms with Crippen LogP contribution in [-0.4, -0.2) is 79.3 Å². The van der Waals surface area contributed by atoms with E-state index in [9.17, 15) is 10.2 Å². The first kappa shape index (κ1) is 24.8. The van der Waals surface area contributed by atoms with Crippen LogP contribution < -0.4 is 9.47 Å². The maximum Gasteiger partial charge on any atom is 0.119 e. The largest absolute Gasteiger partial charge is 0.491 e. The number of hydrogen-bond donors (Lipinski definition) is 2. The summed E-state index contributed by atoms with van der Waals surface area (Å²) in [5, 5.41) is 19.8. The summed E-state index contributed by atoms with van der Waals surface area (Å²) in [6.07, 6.45) is -1.20. The van der Waals surface area contributed by atoms with Gasteiger partial charge in [-0.05, 0) is 35.4 Å². The molecule has 0 bridgehead atoms. The van der Waals surface area contributed by atoms with Crippen LogP contribution in [0.2, 0.25) is 0 Å². The molecule has 0 spiro atoms. The average Bonchev–Trinajstić information content (AvgIpc) is 2.82. The van der Waals surface area contributed by atoms with Crippen LogP contribution in [0.25, 0.3) is 0 Å². The molecule has 0 unspecified atom stereocenters. The van der Waals surface area contributed by atoms with E-state index in [0.29, 0.717) is 12.3 Å². The highest BCUT2D eigenvalue weighted by atomic mass is 35.5. The van der Waals surface area contributed by atoms with Crippen molar-refractivity contribution in [3.05, 3.63) is 59.7 Å². The van der Waals surface area contributed by atoms with Crippen LogP contribution in [0, 0.1) is 0 Å². The van der Waals surface area contributed by atoms with E-state index in [0.717, 1.165) is 43.2 Å². The number of hydrogen-bond acceptors (Lipinski definition) is 6. The lowest BCUT2D eigenvalue weighted by atomic mass is 9.78. The number of aliphatic hydroxyl groups is 2. The Morgan fingerprint density at radius 2 is 1.34 bits per heavy atom. The second-order valence-corrected chi connectivity index (χ2v) is 8.98. The minimum absolute atomic E-state index is 0.150. The van der Waals surface area contributed by atoms with E-state index in [1.54, 1.807) is 0 Å². The fourth-order valence-electron chi connectivity index (χ4n) is 3.67. The van der Waals surface area contributed by atoms with Gasteiger partial charge in [-0.15, -0.1) is 11.6 Å². The Morgan fingerprint density at radius 1 is 0.875 bits per heavy atom. The average molecular weight is 464 g/mol. The molecule has 32 heavy (non-hydrogen) atoms. The number of nitrogens with zero attached hydrogens (tertiary/aromatic N) is 1. The van der Waals surface area contributed by atoms with E-state index in [-0.39, 0.29) is 24.5 Å². The lowest BCUT2D eigenvalue weighted by molar-refractivity contribution is 0.00465. The van der Waals surface area contributed by atoms with Crippen molar-refractivity contribution in [2.45, 2.75) is 31.5 Å². The number of halogens is 1. The molecule has 0 radical (unpaired) electrons. The second kappa shape index (κ2) is 11.9. The Labute approximate surface area is 195 Å². The number of rotatable bonds is 11. The van der Waals surface area contributed by atoms with Crippen LogP contribution in [0.15, 0.2) is 48.5 Å². The van der Waals surface area contributed by atoms with E-state index >= 15 is 0 Å². The summed E-state index contributed by atoms with van der Waals surface area (Å²) in [6.45, 7) is 8.51. The van der Waals surface area contributed by atoms with Crippen LogP contribution in [0.1, 0.15) is 25.0 Å². The van der Waals surface area contributed by atoms with E-state index in [1.165, 1.54) is 0 Å². The van der Waals surface area contributed by atoms with Gasteiger partial charge in [0.25, 0.3) is 0 Å². The Balaban J connectivity index is 1.53. The summed E-state index contributed by atoms with van der Waals surface area (Å²) in [4.78, 5) is 2.19. The van der Waals surface area contributed by atoms with E-state index in [1.807, 2.05) is 36.4 Å². The van der Waals surface area contributed by atoms with Gasteiger partial charge in [0.05, 0.1) is 19.1 Å². The van der Waals surface area contributed by atoms with Crippen molar-refractivity contribution in [3.8, 4) is 11.5 Å². The third-order valence-corrected chi connectivity index (χ3v) is 6.14. The van der Waals surface area contributed by atoms with Gasteiger partial charge in [-0.3, -0.25) is 4.90 Å². The Bertz CT molecular complexity index is 806. The molecule has 1 heterocycles. The monoisotopic (exact) mass is 463 g/mol. The number of benzene rings is 2. The third kappa shape index (κ3) is 7.09. The van der Waals surface area contributed by atoms with E-state index in [2.05, 4.69) is 30.9 Å². The fourth-order valence-corrected chi connectivity index (χ4v) is 3.76. The van der Waals surface area contributed by atoms with Crippen molar-refractivity contribution in [1.82, 2.24) is 4.90 Å². The number of alkyl halides is 1. The second-order valence-electron chi connectivity index (χ2n) is 8.67. The number of ether oxygens (including phenoxy) is 3. The molecular formula is C25H34ClNO5. The number of morpholine rings is 1. The zero-order valence-corrected chi connectivity index (χ0v) is 19.6. The first-order valence-corrected chi connectivity index (χ1v) is 11.6. The molecule has 7 heteroatoms. The summed E-state index contributed by atoms with van der Waals surface area (Å²) in [6, 6.07) is 15.9. The molecule has 6 nitrogen and oxygen atoms in total. The Morgan fingerprint density at radius 3 is 1.81 bits per heavy atom. The quantitative estimate of drug-likeness (QED) is 0.499. The van der Waals surface area contributed by atoms with Crippen molar-refractivity contribution in [3.63, 3.8) is 0 Å². The van der Waals surface area contributed by atoms with Gasteiger partial charge in [0.1, 0.15) is 36.9 Å². The van der Waals surface area contributed by atoms with Gasteiger partial charge in [0.2, 0.25) is 0 Å². The lowest BCUT2D eigenvalue weighted by Crippen LogP contribution is -2.42. The van der Waals surface area contributed by atoms with Crippen LogP contribution in [0.5, 0.6) is 11.5 Å². The zero-order chi connectivity index (χ0) is 23.0. The molecule has 0 saturated carbocycles. The molecule has 1 aliphatic heterocycles. The highest BCUT2D eigenvalue weighted by Gasteiger charge is 2.23. The van der Waals surface area contributed by atoms with Crippen molar-refractivity contribution in [1.29, 1.82) is 0 Å². The summed E-state index contributed by atoms with van der Waals surface area (Å²) in [7, 11) is 0. The molecule has 0 aliphatic carbocycles. The smallest absolute Gasteiger partial charge is 0.119 e. The van der Waals surface area contributed by atoms with Gasteiger partial charge in [0, 0.05) is 25.0 Å². The number of aliphatic hydroxyl groups excluding tert-OH is 2. The van der Waals surface area contributed by atoms with Gasteiger partial charge >= 0.3 is 0 Å². The molecule has 2 aromatic rings. The highest BCUT2D eigenvalue weighted by Crippen LogP contribution is 2.33. The third-order valence-electron chi connectivity index (χ3n) is 5.79. The van der Waals surface area contributed by atoms with Gasteiger partial charge in [0.15, 0.2) is 0 Å². The predicted molar refractivity (Wildman–Crippen MR) is 126 cm³/mol. The van der Waals surface area contributed by atoms with Crippen molar-refractivity contribution in [2.75, 3.05) is 51.9 Å². The molecule has 2 N–H and O–H groups in total. The fraction of sp³-hybridized carbons (Fsp3) is 0.520. The first-order valence-electron chi connectivity index (χ1n) is 11.1. The Kier molecular flexibility index (Phi) is 9.20. The summed E-state index contributed by atoms with van der Waals surface area (Å²) < 4.78 is 16.7. The molecule has 176 valence electrons. The Hall–Kier alpha value is -1.83. The first-order chi connectivity index (χ1) is 15.4. The maximum atomic E-state index is 10.3. The minimum Gasteiger partial charge on any atom is -0.491 e. The van der Waals surface area contributed by atoms with Crippen LogP contribution in [-0.2, 0) is 10.2 Å². The van der Waals surface area contributed by atoms with Crippen LogP contribution >= 0.6 is 11.6 Å². The molecule has 1 fully saturated rings. The van der Waals surface area contributed by atoms with Crippen molar-refractivity contribution < 1.29 is 24.4 Å². The van der Waals surface area contributed by atoms with Gasteiger partial charge in [-0.1, -0.05) is 38.1 Å². The number of β-amino-alcohol motifs (C(OH)–C–C–N with tert-alkyl or cyclic N) is 1. The normalized spacial score (nSPS) is 17.0. The van der Waals surface area contributed by atoms with E-state index in [4.69, 9.17) is 25.8 Å². The van der Waals surface area contributed by atoms with Gasteiger partial charge < -0.3 is 24.4 Å². The van der Waals surface area contributed by atoms with Crippen LogP contribution in [0.4, 0.5) is 0 Å². The molecule has 3 rings (SSSR count). The van der Waals surface area contributed by atoms with Crippen molar-refractivity contribution in [2.24, 2.45) is 0 Å². The molecular weight excluding hydrogens is 430 g/mol. The molecule has 1 aliphatic rings. The molecule has 2 aromatic carbocycles. The van der Waals surface area contributed by atoms with Gasteiger partial charge in [-0.25, -0.2) is 0 Å². The predicted octanol–water partition coefficient (Wildman–Crippen LogP) is 3.06.